The smallest absolute Gasteiger partial charge is 0.403 e. The lowest BCUT2D eigenvalue weighted by atomic mass is 10.0. The van der Waals surface area contributed by atoms with Gasteiger partial charge in [0, 0.05) is 13.7 Å². The van der Waals surface area contributed by atoms with Crippen LogP contribution in [0.25, 0.3) is 0 Å². The fraction of sp³-hybridized carbons (Fsp3) is 0.743. The summed E-state index contributed by atoms with van der Waals surface area (Å²) in [5.41, 5.74) is 0.647. The van der Waals surface area contributed by atoms with E-state index in [2.05, 4.69) is 29.7 Å². The number of carbonyl (C=O) groups is 1. The van der Waals surface area contributed by atoms with Gasteiger partial charge in [0.25, 0.3) is 0 Å². The highest BCUT2D eigenvalue weighted by Crippen LogP contribution is 2.26. The number of benzene rings is 1. The van der Waals surface area contributed by atoms with Crippen LogP contribution in [0.4, 0.5) is 13.2 Å². The number of halogens is 3. The van der Waals surface area contributed by atoms with Crippen molar-refractivity contribution in [3.63, 3.8) is 0 Å². The Morgan fingerprint density at radius 3 is 1.98 bits per heavy atom. The van der Waals surface area contributed by atoms with Crippen molar-refractivity contribution in [3.05, 3.63) is 42.0 Å². The second-order valence-electron chi connectivity index (χ2n) is 11.6. The number of carbonyl (C=O) groups excluding carboxylic acids is 1. The lowest BCUT2D eigenvalue weighted by Gasteiger charge is -2.27. The summed E-state index contributed by atoms with van der Waals surface area (Å²) in [6.07, 6.45) is 14.0. The third-order valence-electron chi connectivity index (χ3n) is 7.59. The number of phenolic OH excluding ortho intramolecular Hbond substituents is 1. The summed E-state index contributed by atoms with van der Waals surface area (Å²) in [6.45, 7) is 4.26. The van der Waals surface area contributed by atoms with Crippen LogP contribution in [-0.2, 0) is 25.4 Å². The molecule has 0 aromatic heterocycles. The number of ether oxygens (including phenoxy) is 3. The topological polar surface area (TPSA) is 89.1 Å². The average molecular weight is 645 g/mol. The fourth-order valence-corrected chi connectivity index (χ4v) is 4.93. The molecule has 45 heavy (non-hydrogen) atoms. The number of allylic oxidation sites excluding steroid dienone is 2. The van der Waals surface area contributed by atoms with Gasteiger partial charge in [-0.05, 0) is 56.2 Å². The molecule has 3 N–H and O–H groups in total. The van der Waals surface area contributed by atoms with Gasteiger partial charge in [-0.15, -0.1) is 0 Å². The Balaban J connectivity index is 2.45. The number of nitrogens with one attached hydrogen (secondary N) is 2. The lowest BCUT2D eigenvalue weighted by molar-refractivity contribution is -0.160. The highest BCUT2D eigenvalue weighted by molar-refractivity contribution is 5.82. The first kappa shape index (κ1) is 40.9. The van der Waals surface area contributed by atoms with E-state index in [0.29, 0.717) is 38.4 Å². The van der Waals surface area contributed by atoms with Crippen molar-refractivity contribution in [3.8, 4) is 5.75 Å². The predicted octanol–water partition coefficient (Wildman–Crippen LogP) is 7.66. The minimum Gasteiger partial charge on any atom is -0.508 e. The van der Waals surface area contributed by atoms with Gasteiger partial charge in [0.05, 0.1) is 39.1 Å². The quantitative estimate of drug-likeness (QED) is 0.0613. The molecule has 0 heterocycles. The number of hydrogen-bond donors (Lipinski definition) is 3. The van der Waals surface area contributed by atoms with Gasteiger partial charge in [0.15, 0.2) is 0 Å². The molecule has 1 aromatic carbocycles. The summed E-state index contributed by atoms with van der Waals surface area (Å²) in [6, 6.07) is 3.25. The van der Waals surface area contributed by atoms with Crippen molar-refractivity contribution >= 4 is 5.91 Å². The van der Waals surface area contributed by atoms with Crippen LogP contribution in [0.2, 0.25) is 0 Å². The molecule has 0 bridgehead atoms. The summed E-state index contributed by atoms with van der Waals surface area (Å²) in [7, 11) is 1.59. The molecule has 7 nitrogen and oxygen atoms in total. The Labute approximate surface area is 269 Å². The van der Waals surface area contributed by atoms with Gasteiger partial charge in [-0.2, -0.15) is 13.2 Å². The standard InChI is InChI=1S/C35H59F3N2O5/c1-3-4-5-6-7-8-9-10-11-12-13-14-15-16-17-18-33(35(36,37)38)40-32(29-30-19-21-31(41)22-20-30)34(42)39-23-24-44-27-28-45-26-25-43-2/h8-9,19-22,32-33,40-41H,3-7,10-18,23-29H2,1-2H3,(H,39,42)/b9-8-. The number of alkyl halides is 3. The molecule has 10 heteroatoms. The second-order valence-corrected chi connectivity index (χ2v) is 11.6. The Hall–Kier alpha value is -2.14. The monoisotopic (exact) mass is 644 g/mol. The molecule has 0 spiro atoms. The van der Waals surface area contributed by atoms with Gasteiger partial charge in [0.2, 0.25) is 5.91 Å². The first-order valence-corrected chi connectivity index (χ1v) is 17.0. The number of methoxy groups -OCH3 is 1. The first-order chi connectivity index (χ1) is 21.8. The molecular formula is C35H59F3N2O5. The SMILES string of the molecule is CCCCCC/C=C\CCCCCCCCCC(NC(Cc1ccc(O)cc1)C(=O)NCCOCCOCCOC)C(F)(F)F. The van der Waals surface area contributed by atoms with E-state index in [-0.39, 0.29) is 31.7 Å². The average Bonchev–Trinajstić information content (AvgIpc) is 3.01. The highest BCUT2D eigenvalue weighted by atomic mass is 19.4. The molecule has 0 fully saturated rings. The van der Waals surface area contributed by atoms with E-state index in [4.69, 9.17) is 14.2 Å². The van der Waals surface area contributed by atoms with Crippen LogP contribution in [0.5, 0.6) is 5.75 Å². The lowest BCUT2D eigenvalue weighted by Crippen LogP contribution is -2.54. The summed E-state index contributed by atoms with van der Waals surface area (Å²) in [4.78, 5) is 13.0. The molecule has 1 aromatic rings. The van der Waals surface area contributed by atoms with E-state index in [1.54, 1.807) is 19.2 Å². The van der Waals surface area contributed by atoms with Crippen LogP contribution in [0.1, 0.15) is 102 Å². The molecule has 2 unspecified atom stereocenters. The molecule has 0 aliphatic carbocycles. The maximum atomic E-state index is 14.0. The van der Waals surface area contributed by atoms with Crippen LogP contribution in [0.15, 0.2) is 36.4 Å². The Bertz CT molecular complexity index is 868. The van der Waals surface area contributed by atoms with E-state index < -0.39 is 24.2 Å². The molecule has 0 aliphatic heterocycles. The van der Waals surface area contributed by atoms with E-state index in [1.165, 1.54) is 37.8 Å². The number of amides is 1. The van der Waals surface area contributed by atoms with Crippen molar-refractivity contribution in [2.75, 3.05) is 46.7 Å². The van der Waals surface area contributed by atoms with Crippen LogP contribution >= 0.6 is 0 Å². The van der Waals surface area contributed by atoms with Crippen molar-refractivity contribution < 1.29 is 37.3 Å². The zero-order valence-electron chi connectivity index (χ0n) is 27.7. The van der Waals surface area contributed by atoms with Crippen molar-refractivity contribution in [1.29, 1.82) is 0 Å². The molecule has 1 amide bonds. The summed E-state index contributed by atoms with van der Waals surface area (Å²) >= 11 is 0. The van der Waals surface area contributed by atoms with Crippen LogP contribution < -0.4 is 10.6 Å². The third kappa shape index (κ3) is 22.9. The van der Waals surface area contributed by atoms with E-state index in [1.807, 2.05) is 0 Å². The van der Waals surface area contributed by atoms with Crippen LogP contribution in [0.3, 0.4) is 0 Å². The summed E-state index contributed by atoms with van der Waals surface area (Å²) in [5.74, 6) is -0.474. The molecule has 0 radical (unpaired) electrons. The maximum Gasteiger partial charge on any atom is 0.403 e. The third-order valence-corrected chi connectivity index (χ3v) is 7.59. The predicted molar refractivity (Wildman–Crippen MR) is 175 cm³/mol. The Morgan fingerprint density at radius 2 is 1.38 bits per heavy atom. The van der Waals surface area contributed by atoms with E-state index in [9.17, 15) is 23.1 Å². The van der Waals surface area contributed by atoms with Crippen molar-refractivity contribution in [1.82, 2.24) is 10.6 Å². The molecular weight excluding hydrogens is 585 g/mol. The zero-order chi connectivity index (χ0) is 33.0. The molecule has 2 atom stereocenters. The number of phenols is 1. The normalized spacial score (nSPS) is 13.4. The van der Waals surface area contributed by atoms with E-state index in [0.717, 1.165) is 51.4 Å². The minimum atomic E-state index is -4.48. The number of hydrogen-bond acceptors (Lipinski definition) is 6. The zero-order valence-corrected chi connectivity index (χ0v) is 27.7. The van der Waals surface area contributed by atoms with Crippen LogP contribution in [-0.4, -0.2) is 76.0 Å². The van der Waals surface area contributed by atoms with Gasteiger partial charge in [0.1, 0.15) is 11.8 Å². The molecule has 0 saturated heterocycles. The highest BCUT2D eigenvalue weighted by Gasteiger charge is 2.41. The second kappa shape index (κ2) is 27.0. The summed E-state index contributed by atoms with van der Waals surface area (Å²) in [5, 5.41) is 14.9. The first-order valence-electron chi connectivity index (χ1n) is 17.0. The molecule has 260 valence electrons. The molecule has 0 aliphatic rings. The van der Waals surface area contributed by atoms with Crippen molar-refractivity contribution in [2.45, 2.75) is 121 Å². The number of aromatic hydroxyl groups is 1. The van der Waals surface area contributed by atoms with Gasteiger partial charge >= 0.3 is 6.18 Å². The van der Waals surface area contributed by atoms with E-state index >= 15 is 0 Å². The van der Waals surface area contributed by atoms with Crippen LogP contribution in [0, 0.1) is 0 Å². The maximum absolute atomic E-state index is 14.0. The van der Waals surface area contributed by atoms with Crippen molar-refractivity contribution in [2.24, 2.45) is 0 Å². The molecule has 0 saturated carbocycles. The van der Waals surface area contributed by atoms with Gasteiger partial charge in [-0.3, -0.25) is 10.1 Å². The van der Waals surface area contributed by atoms with Gasteiger partial charge in [-0.25, -0.2) is 0 Å². The number of unbranched alkanes of at least 4 members (excludes halogenated alkanes) is 11. The van der Waals surface area contributed by atoms with Gasteiger partial charge in [-0.1, -0.05) is 89.0 Å². The largest absolute Gasteiger partial charge is 0.508 e. The summed E-state index contributed by atoms with van der Waals surface area (Å²) < 4.78 is 57.8. The van der Waals surface area contributed by atoms with Gasteiger partial charge < -0.3 is 24.6 Å². The Kier molecular flexibility index (Phi) is 24.5. The Morgan fingerprint density at radius 1 is 0.822 bits per heavy atom. The number of rotatable bonds is 29. The minimum absolute atomic E-state index is 0.0502. The molecule has 1 rings (SSSR count). The fourth-order valence-electron chi connectivity index (χ4n) is 4.93.